The van der Waals surface area contributed by atoms with Crippen LogP contribution in [-0.4, -0.2) is 33.2 Å². The van der Waals surface area contributed by atoms with Crippen molar-refractivity contribution in [1.82, 2.24) is 10.6 Å². The van der Waals surface area contributed by atoms with Gasteiger partial charge in [0.25, 0.3) is 0 Å². The van der Waals surface area contributed by atoms with Crippen LogP contribution in [0.25, 0.3) is 0 Å². The van der Waals surface area contributed by atoms with Crippen LogP contribution in [0, 0.1) is 5.92 Å². The van der Waals surface area contributed by atoms with Crippen LogP contribution in [0.2, 0.25) is 0 Å². The Bertz CT molecular complexity index is 452. The SMILES string of the molecule is CN=C(NCCC(C)c1ccc(OC)cc1)NCC1CC1. The van der Waals surface area contributed by atoms with E-state index in [1.165, 1.54) is 18.4 Å². The summed E-state index contributed by atoms with van der Waals surface area (Å²) in [5, 5.41) is 6.77. The molecular weight excluding hydrogens is 262 g/mol. The van der Waals surface area contributed by atoms with Crippen molar-refractivity contribution in [3.63, 3.8) is 0 Å². The lowest BCUT2D eigenvalue weighted by molar-refractivity contribution is 0.414. The van der Waals surface area contributed by atoms with E-state index >= 15 is 0 Å². The maximum absolute atomic E-state index is 5.19. The van der Waals surface area contributed by atoms with Gasteiger partial charge in [0.2, 0.25) is 0 Å². The van der Waals surface area contributed by atoms with Gasteiger partial charge in [-0.1, -0.05) is 19.1 Å². The second-order valence-corrected chi connectivity index (χ2v) is 5.79. The number of aliphatic imine (C=N–C) groups is 1. The molecule has 2 N–H and O–H groups in total. The number of hydrogen-bond acceptors (Lipinski definition) is 2. The first kappa shape index (κ1) is 15.7. The minimum Gasteiger partial charge on any atom is -0.497 e. The van der Waals surface area contributed by atoms with Gasteiger partial charge in [0, 0.05) is 20.1 Å². The van der Waals surface area contributed by atoms with Gasteiger partial charge in [-0.25, -0.2) is 0 Å². The lowest BCUT2D eigenvalue weighted by Crippen LogP contribution is -2.39. The molecule has 0 spiro atoms. The van der Waals surface area contributed by atoms with E-state index in [1.807, 2.05) is 19.2 Å². The Kier molecular flexibility index (Phi) is 5.90. The molecule has 1 unspecified atom stereocenters. The van der Waals surface area contributed by atoms with Gasteiger partial charge in [-0.05, 0) is 48.8 Å². The number of methoxy groups -OCH3 is 1. The van der Waals surface area contributed by atoms with Gasteiger partial charge >= 0.3 is 0 Å². The van der Waals surface area contributed by atoms with Gasteiger partial charge in [-0.3, -0.25) is 4.99 Å². The molecule has 4 heteroatoms. The summed E-state index contributed by atoms with van der Waals surface area (Å²) in [5.74, 6) is 3.21. The minimum absolute atomic E-state index is 0.518. The van der Waals surface area contributed by atoms with E-state index < -0.39 is 0 Å². The van der Waals surface area contributed by atoms with Crippen LogP contribution in [0.1, 0.15) is 37.7 Å². The van der Waals surface area contributed by atoms with Crippen molar-refractivity contribution in [2.45, 2.75) is 32.1 Å². The summed E-state index contributed by atoms with van der Waals surface area (Å²) < 4.78 is 5.19. The van der Waals surface area contributed by atoms with Crippen molar-refractivity contribution in [3.8, 4) is 5.75 Å². The topological polar surface area (TPSA) is 45.7 Å². The van der Waals surface area contributed by atoms with Gasteiger partial charge in [-0.15, -0.1) is 0 Å². The van der Waals surface area contributed by atoms with Crippen molar-refractivity contribution in [2.24, 2.45) is 10.9 Å². The minimum atomic E-state index is 0.518. The summed E-state index contributed by atoms with van der Waals surface area (Å²) in [6, 6.07) is 8.33. The average molecular weight is 289 g/mol. The van der Waals surface area contributed by atoms with Crippen LogP contribution < -0.4 is 15.4 Å². The molecule has 0 amide bonds. The van der Waals surface area contributed by atoms with E-state index in [4.69, 9.17) is 4.74 Å². The summed E-state index contributed by atoms with van der Waals surface area (Å²) >= 11 is 0. The number of nitrogens with zero attached hydrogens (tertiary/aromatic N) is 1. The molecule has 0 bridgehead atoms. The van der Waals surface area contributed by atoms with Gasteiger partial charge in [-0.2, -0.15) is 0 Å². The molecule has 2 rings (SSSR count). The number of rotatable bonds is 7. The van der Waals surface area contributed by atoms with E-state index in [-0.39, 0.29) is 0 Å². The third-order valence-corrected chi connectivity index (χ3v) is 4.03. The summed E-state index contributed by atoms with van der Waals surface area (Å²) in [5.41, 5.74) is 1.35. The molecule has 1 aliphatic carbocycles. The molecule has 21 heavy (non-hydrogen) atoms. The Hall–Kier alpha value is -1.71. The van der Waals surface area contributed by atoms with Gasteiger partial charge in [0.1, 0.15) is 5.75 Å². The zero-order valence-corrected chi connectivity index (χ0v) is 13.4. The molecule has 0 radical (unpaired) electrons. The molecule has 0 aromatic heterocycles. The van der Waals surface area contributed by atoms with Crippen LogP contribution in [-0.2, 0) is 0 Å². The summed E-state index contributed by atoms with van der Waals surface area (Å²) in [4.78, 5) is 4.26. The second-order valence-electron chi connectivity index (χ2n) is 5.79. The third-order valence-electron chi connectivity index (χ3n) is 4.03. The Morgan fingerprint density at radius 1 is 1.29 bits per heavy atom. The molecule has 1 aromatic rings. The number of benzene rings is 1. The zero-order chi connectivity index (χ0) is 15.1. The molecular formula is C17H27N3O. The first-order valence-electron chi connectivity index (χ1n) is 7.81. The van der Waals surface area contributed by atoms with Crippen molar-refractivity contribution in [3.05, 3.63) is 29.8 Å². The predicted octanol–water partition coefficient (Wildman–Crippen LogP) is 2.76. The van der Waals surface area contributed by atoms with Gasteiger partial charge in [0.05, 0.1) is 7.11 Å². The van der Waals surface area contributed by atoms with Crippen molar-refractivity contribution in [1.29, 1.82) is 0 Å². The van der Waals surface area contributed by atoms with Crippen molar-refractivity contribution >= 4 is 5.96 Å². The monoisotopic (exact) mass is 289 g/mol. The first-order chi connectivity index (χ1) is 10.2. The summed E-state index contributed by atoms with van der Waals surface area (Å²) in [6.45, 7) is 4.23. The molecule has 0 saturated heterocycles. The largest absolute Gasteiger partial charge is 0.497 e. The van der Waals surface area contributed by atoms with Crippen molar-refractivity contribution < 1.29 is 4.74 Å². The highest BCUT2D eigenvalue weighted by molar-refractivity contribution is 5.79. The maximum atomic E-state index is 5.19. The van der Waals surface area contributed by atoms with Crippen LogP contribution in [0.15, 0.2) is 29.3 Å². The quantitative estimate of drug-likeness (QED) is 0.599. The predicted molar refractivity (Wildman–Crippen MR) is 88.1 cm³/mol. The van der Waals surface area contributed by atoms with Gasteiger partial charge < -0.3 is 15.4 Å². The third kappa shape index (κ3) is 5.29. The maximum Gasteiger partial charge on any atom is 0.190 e. The van der Waals surface area contributed by atoms with Crippen LogP contribution in [0.4, 0.5) is 0 Å². The number of nitrogens with one attached hydrogen (secondary N) is 2. The summed E-state index contributed by atoms with van der Waals surface area (Å²) in [6.07, 6.45) is 3.80. The average Bonchev–Trinajstić information content (AvgIpc) is 3.34. The number of hydrogen-bond donors (Lipinski definition) is 2. The fraction of sp³-hybridized carbons (Fsp3) is 0.588. The second kappa shape index (κ2) is 7.91. The molecule has 1 fully saturated rings. The van der Waals surface area contributed by atoms with E-state index in [1.54, 1.807) is 7.11 Å². The Labute approximate surface area is 128 Å². The first-order valence-corrected chi connectivity index (χ1v) is 7.81. The molecule has 0 aliphatic heterocycles. The molecule has 0 heterocycles. The standard InChI is InChI=1S/C17H27N3O/c1-13(15-6-8-16(21-3)9-7-15)10-11-19-17(18-2)20-12-14-4-5-14/h6-9,13-14H,4-5,10-12H2,1-3H3,(H2,18,19,20). The van der Waals surface area contributed by atoms with E-state index in [0.717, 1.165) is 37.1 Å². The van der Waals surface area contributed by atoms with E-state index in [0.29, 0.717) is 5.92 Å². The van der Waals surface area contributed by atoms with E-state index in [9.17, 15) is 0 Å². The molecule has 1 saturated carbocycles. The number of ether oxygens (including phenoxy) is 1. The molecule has 1 aliphatic rings. The van der Waals surface area contributed by atoms with E-state index in [2.05, 4.69) is 34.7 Å². The Morgan fingerprint density at radius 3 is 2.57 bits per heavy atom. The summed E-state index contributed by atoms with van der Waals surface area (Å²) in [7, 11) is 3.53. The molecule has 116 valence electrons. The highest BCUT2D eigenvalue weighted by Crippen LogP contribution is 2.27. The fourth-order valence-electron chi connectivity index (χ4n) is 2.29. The molecule has 4 nitrogen and oxygen atoms in total. The smallest absolute Gasteiger partial charge is 0.190 e. The van der Waals surface area contributed by atoms with Crippen LogP contribution in [0.5, 0.6) is 5.75 Å². The molecule has 1 aromatic carbocycles. The van der Waals surface area contributed by atoms with Gasteiger partial charge in [0.15, 0.2) is 5.96 Å². The Balaban J connectivity index is 1.70. The lowest BCUT2D eigenvalue weighted by atomic mass is 9.98. The molecule has 1 atom stereocenters. The zero-order valence-electron chi connectivity index (χ0n) is 13.4. The Morgan fingerprint density at radius 2 is 2.00 bits per heavy atom. The number of guanidine groups is 1. The highest BCUT2D eigenvalue weighted by atomic mass is 16.5. The fourth-order valence-corrected chi connectivity index (χ4v) is 2.29. The van der Waals surface area contributed by atoms with Crippen molar-refractivity contribution in [2.75, 3.05) is 27.2 Å². The lowest BCUT2D eigenvalue weighted by Gasteiger charge is -2.15. The normalized spacial score (nSPS) is 16.4. The highest BCUT2D eigenvalue weighted by Gasteiger charge is 2.21. The van der Waals surface area contributed by atoms with Crippen LogP contribution >= 0.6 is 0 Å². The van der Waals surface area contributed by atoms with Crippen LogP contribution in [0.3, 0.4) is 0 Å².